The van der Waals surface area contributed by atoms with Crippen LogP contribution in [-0.2, 0) is 24.7 Å². The summed E-state index contributed by atoms with van der Waals surface area (Å²) in [5.74, 6) is -2.20. The lowest BCUT2D eigenvalue weighted by molar-refractivity contribution is -0.146. The first kappa shape index (κ1) is 20.3. The maximum absolute atomic E-state index is 13.0. The summed E-state index contributed by atoms with van der Waals surface area (Å²) in [5.41, 5.74) is -0.750. The van der Waals surface area contributed by atoms with E-state index in [-0.39, 0.29) is 0 Å². The van der Waals surface area contributed by atoms with Crippen molar-refractivity contribution in [1.82, 2.24) is 15.5 Å². The number of rotatable bonds is 6. The molecule has 1 fully saturated rings. The second-order valence-electron chi connectivity index (χ2n) is 6.83. The zero-order valence-electron chi connectivity index (χ0n) is 16.0. The fraction of sp³-hybridized carbons (Fsp3) is 0.300. The van der Waals surface area contributed by atoms with Crippen LogP contribution in [0.1, 0.15) is 12.5 Å². The molecule has 29 heavy (non-hydrogen) atoms. The molecule has 9 nitrogen and oxygen atoms in total. The molecule has 0 unspecified atom stereocenters. The molecule has 2 atom stereocenters. The lowest BCUT2D eigenvalue weighted by Crippen LogP contribution is -2.49. The minimum absolute atomic E-state index is 0.584. The number of imide groups is 1. The summed E-state index contributed by atoms with van der Waals surface area (Å²) in [6.45, 7) is 0.301. The summed E-state index contributed by atoms with van der Waals surface area (Å²) in [6.07, 6.45) is 0. The quantitative estimate of drug-likeness (QED) is 0.473. The van der Waals surface area contributed by atoms with Crippen LogP contribution in [0.15, 0.2) is 42.5 Å². The van der Waals surface area contributed by atoms with Gasteiger partial charge in [0.05, 0.1) is 13.7 Å². The monoisotopic (exact) mass is 399 g/mol. The second kappa shape index (κ2) is 7.88. The summed E-state index contributed by atoms with van der Waals surface area (Å²) in [5, 5.41) is 16.0. The average Bonchev–Trinajstić information content (AvgIpc) is 2.95. The van der Waals surface area contributed by atoms with Crippen LogP contribution in [0.2, 0.25) is 0 Å². The van der Waals surface area contributed by atoms with E-state index in [0.717, 1.165) is 22.8 Å². The smallest absolute Gasteiger partial charge is 0.330 e. The number of esters is 1. The first-order valence-corrected chi connectivity index (χ1v) is 8.91. The minimum atomic E-state index is -1.33. The Bertz CT molecular complexity index is 991. The fourth-order valence-corrected chi connectivity index (χ4v) is 3.24. The van der Waals surface area contributed by atoms with Gasteiger partial charge in [0.15, 0.2) is 6.04 Å². The highest BCUT2D eigenvalue weighted by atomic mass is 16.5. The normalized spacial score (nSPS) is 19.8. The van der Waals surface area contributed by atoms with E-state index in [1.807, 2.05) is 36.4 Å². The van der Waals surface area contributed by atoms with Crippen molar-refractivity contribution in [2.45, 2.75) is 18.5 Å². The predicted molar refractivity (Wildman–Crippen MR) is 103 cm³/mol. The topological polar surface area (TPSA) is 125 Å². The molecule has 0 bridgehead atoms. The maximum Gasteiger partial charge on any atom is 0.330 e. The van der Waals surface area contributed by atoms with Gasteiger partial charge in [0.25, 0.3) is 5.91 Å². The number of carbonyl (C=O) groups excluding carboxylic acids is 4. The van der Waals surface area contributed by atoms with Crippen molar-refractivity contribution in [2.75, 3.05) is 20.3 Å². The Balaban J connectivity index is 1.79. The molecular weight excluding hydrogens is 378 g/mol. The maximum atomic E-state index is 13.0. The number of hydrogen-bond acceptors (Lipinski definition) is 6. The van der Waals surface area contributed by atoms with Crippen molar-refractivity contribution >= 4 is 34.6 Å². The molecule has 152 valence electrons. The number of nitrogens with zero attached hydrogens (tertiary/aromatic N) is 1. The van der Waals surface area contributed by atoms with Crippen LogP contribution in [0.4, 0.5) is 4.79 Å². The van der Waals surface area contributed by atoms with Crippen LogP contribution in [0.25, 0.3) is 10.8 Å². The van der Waals surface area contributed by atoms with Gasteiger partial charge >= 0.3 is 12.0 Å². The molecule has 9 heteroatoms. The van der Waals surface area contributed by atoms with Crippen LogP contribution < -0.4 is 10.6 Å². The molecule has 0 spiro atoms. The summed E-state index contributed by atoms with van der Waals surface area (Å²) >= 11 is 0. The van der Waals surface area contributed by atoms with Crippen LogP contribution in [0, 0.1) is 0 Å². The second-order valence-corrected chi connectivity index (χ2v) is 6.83. The van der Waals surface area contributed by atoms with Gasteiger partial charge in [-0.25, -0.2) is 9.59 Å². The average molecular weight is 399 g/mol. The van der Waals surface area contributed by atoms with Gasteiger partial charge in [0.2, 0.25) is 5.91 Å². The van der Waals surface area contributed by atoms with Crippen molar-refractivity contribution in [3.05, 3.63) is 48.0 Å². The van der Waals surface area contributed by atoms with E-state index < -0.39 is 48.5 Å². The zero-order chi connectivity index (χ0) is 21.2. The third kappa shape index (κ3) is 3.77. The van der Waals surface area contributed by atoms with Crippen LogP contribution in [0.5, 0.6) is 0 Å². The van der Waals surface area contributed by atoms with Crippen molar-refractivity contribution in [3.63, 3.8) is 0 Å². The SMILES string of the molecule is COC(=O)[C@@H](CO)NC(=O)CN1C(=O)N[C@](C)(c2ccc3ccccc3c2)C1=O. The fourth-order valence-electron chi connectivity index (χ4n) is 3.24. The Morgan fingerprint density at radius 2 is 1.90 bits per heavy atom. The molecule has 1 aliphatic heterocycles. The van der Waals surface area contributed by atoms with Gasteiger partial charge in [-0.05, 0) is 29.3 Å². The number of amides is 4. The molecule has 1 saturated heterocycles. The third-order valence-corrected chi connectivity index (χ3v) is 4.91. The van der Waals surface area contributed by atoms with Crippen molar-refractivity contribution < 1.29 is 29.0 Å². The Labute approximate surface area is 166 Å². The van der Waals surface area contributed by atoms with E-state index in [1.54, 1.807) is 13.0 Å². The number of urea groups is 1. The van der Waals surface area contributed by atoms with E-state index in [2.05, 4.69) is 15.4 Å². The number of aliphatic hydroxyl groups is 1. The van der Waals surface area contributed by atoms with E-state index in [0.29, 0.717) is 5.56 Å². The number of ether oxygens (including phenoxy) is 1. The summed E-state index contributed by atoms with van der Waals surface area (Å²) in [6, 6.07) is 11.0. The molecular formula is C20H21N3O6. The first-order chi connectivity index (χ1) is 13.8. The van der Waals surface area contributed by atoms with E-state index in [9.17, 15) is 24.3 Å². The van der Waals surface area contributed by atoms with Gasteiger partial charge in [0, 0.05) is 0 Å². The minimum Gasteiger partial charge on any atom is -0.467 e. The summed E-state index contributed by atoms with van der Waals surface area (Å²) in [4.78, 5) is 49.8. The molecule has 1 aliphatic rings. The predicted octanol–water partition coefficient (Wildman–Crippen LogP) is 0.257. The summed E-state index contributed by atoms with van der Waals surface area (Å²) in [7, 11) is 1.11. The van der Waals surface area contributed by atoms with Gasteiger partial charge in [-0.15, -0.1) is 0 Å². The highest BCUT2D eigenvalue weighted by molar-refractivity contribution is 6.09. The van der Waals surface area contributed by atoms with Gasteiger partial charge in [-0.3, -0.25) is 14.5 Å². The Morgan fingerprint density at radius 3 is 2.55 bits per heavy atom. The molecule has 0 radical (unpaired) electrons. The number of methoxy groups -OCH3 is 1. The molecule has 2 aromatic carbocycles. The van der Waals surface area contributed by atoms with Gasteiger partial charge < -0.3 is 20.5 Å². The number of carbonyl (C=O) groups is 4. The largest absolute Gasteiger partial charge is 0.467 e. The number of aliphatic hydroxyl groups excluding tert-OH is 1. The van der Waals surface area contributed by atoms with Crippen molar-refractivity contribution in [2.24, 2.45) is 0 Å². The molecule has 0 aliphatic carbocycles. The highest BCUT2D eigenvalue weighted by Gasteiger charge is 2.49. The van der Waals surface area contributed by atoms with E-state index >= 15 is 0 Å². The number of hydrogen-bond donors (Lipinski definition) is 3. The number of benzene rings is 2. The third-order valence-electron chi connectivity index (χ3n) is 4.91. The molecule has 1 heterocycles. The van der Waals surface area contributed by atoms with Gasteiger partial charge in [0.1, 0.15) is 12.1 Å². The van der Waals surface area contributed by atoms with Gasteiger partial charge in [-0.2, -0.15) is 0 Å². The van der Waals surface area contributed by atoms with Crippen molar-refractivity contribution in [3.8, 4) is 0 Å². The van der Waals surface area contributed by atoms with E-state index in [1.165, 1.54) is 0 Å². The van der Waals surface area contributed by atoms with Crippen molar-refractivity contribution in [1.29, 1.82) is 0 Å². The van der Waals surface area contributed by atoms with Crippen LogP contribution in [-0.4, -0.2) is 60.1 Å². The lowest BCUT2D eigenvalue weighted by atomic mass is 9.90. The molecule has 4 amide bonds. The number of fused-ring (bicyclic) bond motifs is 1. The first-order valence-electron chi connectivity index (χ1n) is 8.91. The lowest BCUT2D eigenvalue weighted by Gasteiger charge is -2.23. The van der Waals surface area contributed by atoms with Crippen LogP contribution in [0.3, 0.4) is 0 Å². The van der Waals surface area contributed by atoms with Crippen LogP contribution >= 0.6 is 0 Å². The molecule has 3 N–H and O–H groups in total. The van der Waals surface area contributed by atoms with E-state index in [4.69, 9.17) is 0 Å². The highest BCUT2D eigenvalue weighted by Crippen LogP contribution is 2.30. The molecule has 0 saturated carbocycles. The Morgan fingerprint density at radius 1 is 1.21 bits per heavy atom. The summed E-state index contributed by atoms with van der Waals surface area (Å²) < 4.78 is 4.47. The molecule has 0 aromatic heterocycles. The standard InChI is InChI=1S/C20H21N3O6/c1-20(14-8-7-12-5-3-4-6-13(12)9-14)18(27)23(19(28)22-20)10-16(25)21-15(11-24)17(26)29-2/h3-9,15,24H,10-11H2,1-2H3,(H,21,25)(H,22,28)/t15-,20-/m1/s1. The van der Waals surface area contributed by atoms with Gasteiger partial charge in [-0.1, -0.05) is 36.4 Å². The Hall–Kier alpha value is -3.46. The Kier molecular flexibility index (Phi) is 5.51. The number of nitrogens with one attached hydrogen (secondary N) is 2. The zero-order valence-corrected chi connectivity index (χ0v) is 16.0. The molecule has 2 aromatic rings. The molecule has 3 rings (SSSR count).